The summed E-state index contributed by atoms with van der Waals surface area (Å²) in [6.07, 6.45) is 1.44. The Morgan fingerprint density at radius 1 is 1.33 bits per heavy atom. The first-order valence-electron chi connectivity index (χ1n) is 5.71. The number of esters is 1. The Morgan fingerprint density at radius 3 is 2.89 bits per heavy atom. The van der Waals surface area contributed by atoms with Gasteiger partial charge >= 0.3 is 5.97 Å². The first kappa shape index (κ1) is 12.4. The Bertz CT molecular complexity index is 549. The van der Waals surface area contributed by atoms with E-state index in [-0.39, 0.29) is 5.97 Å². The van der Waals surface area contributed by atoms with Crippen LogP contribution in [0.2, 0.25) is 0 Å². The van der Waals surface area contributed by atoms with Crippen molar-refractivity contribution < 1.29 is 9.53 Å². The fraction of sp³-hybridized carbons (Fsp3) is 0.308. The summed E-state index contributed by atoms with van der Waals surface area (Å²) < 4.78 is 5.20. The van der Waals surface area contributed by atoms with Crippen molar-refractivity contribution in [3.63, 3.8) is 0 Å². The van der Waals surface area contributed by atoms with Crippen molar-refractivity contribution >= 4 is 16.9 Å². The molecule has 0 N–H and O–H groups in total. The smallest absolute Gasteiger partial charge is 0.340 e. The van der Waals surface area contributed by atoms with Crippen molar-refractivity contribution in [3.8, 4) is 0 Å². The van der Waals surface area contributed by atoms with Gasteiger partial charge in [-0.25, -0.2) is 4.79 Å². The van der Waals surface area contributed by atoms with Crippen LogP contribution in [0.1, 0.15) is 10.4 Å². The number of hydrogen-bond acceptors (Lipinski definition) is 5. The maximum absolute atomic E-state index is 11.9. The number of carbonyl (C=O) groups is 1. The number of likely N-dealkylation sites (N-methyl/N-ethyl adjacent to an activating group) is 1. The summed E-state index contributed by atoms with van der Waals surface area (Å²) in [5.74, 6) is -0.358. The van der Waals surface area contributed by atoms with Gasteiger partial charge in [-0.1, -0.05) is 18.2 Å². The summed E-state index contributed by atoms with van der Waals surface area (Å²) >= 11 is 0. The molecular weight excluding hydrogens is 230 g/mol. The zero-order valence-electron chi connectivity index (χ0n) is 10.5. The Morgan fingerprint density at radius 2 is 2.11 bits per heavy atom. The van der Waals surface area contributed by atoms with E-state index in [2.05, 4.69) is 10.2 Å². The molecule has 0 amide bonds. The lowest BCUT2D eigenvalue weighted by Crippen LogP contribution is -2.20. The molecule has 1 aromatic carbocycles. The van der Waals surface area contributed by atoms with Gasteiger partial charge in [-0.3, -0.25) is 0 Å². The molecule has 2 rings (SSSR count). The van der Waals surface area contributed by atoms with E-state index in [0.29, 0.717) is 24.2 Å². The summed E-state index contributed by atoms with van der Waals surface area (Å²) in [7, 11) is 3.86. The summed E-state index contributed by atoms with van der Waals surface area (Å²) in [5, 5.41) is 8.55. The summed E-state index contributed by atoms with van der Waals surface area (Å²) in [5.41, 5.74) is 1.15. The molecule has 94 valence electrons. The van der Waals surface area contributed by atoms with Crippen LogP contribution < -0.4 is 0 Å². The van der Waals surface area contributed by atoms with Gasteiger partial charge in [0.2, 0.25) is 0 Å². The average Bonchev–Trinajstić information content (AvgIpc) is 2.37. The van der Waals surface area contributed by atoms with E-state index in [0.717, 1.165) is 5.39 Å². The van der Waals surface area contributed by atoms with Crippen LogP contribution in [0.4, 0.5) is 0 Å². The van der Waals surface area contributed by atoms with Crippen molar-refractivity contribution in [1.82, 2.24) is 15.1 Å². The highest BCUT2D eigenvalue weighted by atomic mass is 16.5. The minimum atomic E-state index is -0.358. The van der Waals surface area contributed by atoms with E-state index < -0.39 is 0 Å². The lowest BCUT2D eigenvalue weighted by Gasteiger charge is -2.10. The molecule has 0 aliphatic carbocycles. The number of benzene rings is 1. The van der Waals surface area contributed by atoms with Gasteiger partial charge in [-0.2, -0.15) is 10.2 Å². The van der Waals surface area contributed by atoms with Crippen LogP contribution in [0.5, 0.6) is 0 Å². The van der Waals surface area contributed by atoms with Crippen LogP contribution >= 0.6 is 0 Å². The molecule has 0 saturated carbocycles. The maximum atomic E-state index is 11.9. The van der Waals surface area contributed by atoms with Gasteiger partial charge in [0.05, 0.1) is 17.3 Å². The molecule has 0 bridgehead atoms. The Kier molecular flexibility index (Phi) is 3.84. The van der Waals surface area contributed by atoms with Crippen LogP contribution in [-0.4, -0.2) is 48.3 Å². The van der Waals surface area contributed by atoms with Gasteiger partial charge in [0.15, 0.2) is 0 Å². The maximum Gasteiger partial charge on any atom is 0.340 e. The molecule has 0 aliphatic rings. The monoisotopic (exact) mass is 245 g/mol. The number of carbonyl (C=O) groups excluding carboxylic acids is 1. The Hall–Kier alpha value is -2.01. The minimum absolute atomic E-state index is 0.358. The number of nitrogens with zero attached hydrogens (tertiary/aromatic N) is 3. The van der Waals surface area contributed by atoms with Crippen LogP contribution in [0.3, 0.4) is 0 Å². The van der Waals surface area contributed by atoms with Gasteiger partial charge in [0, 0.05) is 11.9 Å². The predicted molar refractivity (Wildman–Crippen MR) is 68.4 cm³/mol. The fourth-order valence-electron chi connectivity index (χ4n) is 1.57. The van der Waals surface area contributed by atoms with Crippen molar-refractivity contribution in [3.05, 3.63) is 36.0 Å². The predicted octanol–water partition coefficient (Wildman–Crippen LogP) is 1.35. The Labute approximate surface area is 105 Å². The summed E-state index contributed by atoms with van der Waals surface area (Å²) in [6.45, 7) is 1.06. The van der Waals surface area contributed by atoms with Crippen LogP contribution in [-0.2, 0) is 4.74 Å². The molecule has 0 radical (unpaired) electrons. The van der Waals surface area contributed by atoms with E-state index in [1.54, 1.807) is 0 Å². The molecule has 5 nitrogen and oxygen atoms in total. The third-order valence-electron chi connectivity index (χ3n) is 2.54. The Balaban J connectivity index is 2.17. The van der Waals surface area contributed by atoms with Gasteiger partial charge in [-0.05, 0) is 20.2 Å². The number of hydrogen-bond donors (Lipinski definition) is 0. The van der Waals surface area contributed by atoms with Crippen LogP contribution in [0, 0.1) is 0 Å². The molecule has 0 aliphatic heterocycles. The second kappa shape index (κ2) is 5.55. The van der Waals surface area contributed by atoms with E-state index in [9.17, 15) is 4.79 Å². The topological polar surface area (TPSA) is 55.3 Å². The van der Waals surface area contributed by atoms with Gasteiger partial charge < -0.3 is 9.64 Å². The van der Waals surface area contributed by atoms with Crippen molar-refractivity contribution in [2.75, 3.05) is 27.2 Å². The molecule has 0 saturated heterocycles. The normalized spacial score (nSPS) is 10.8. The highest BCUT2D eigenvalue weighted by molar-refractivity contribution is 6.02. The molecule has 2 aromatic rings. The van der Waals surface area contributed by atoms with Crippen molar-refractivity contribution in [2.45, 2.75) is 0 Å². The van der Waals surface area contributed by atoms with Gasteiger partial charge in [0.25, 0.3) is 0 Å². The van der Waals surface area contributed by atoms with E-state index in [1.807, 2.05) is 43.3 Å². The fourth-order valence-corrected chi connectivity index (χ4v) is 1.57. The lowest BCUT2D eigenvalue weighted by atomic mass is 10.1. The van der Waals surface area contributed by atoms with E-state index >= 15 is 0 Å². The molecule has 1 aromatic heterocycles. The standard InChI is InChI=1S/C13H15N3O2/c1-16(2)7-8-18-13(17)11-9-14-15-12-6-4-3-5-10(11)12/h3-6,9H,7-8H2,1-2H3. The highest BCUT2D eigenvalue weighted by Gasteiger charge is 2.12. The third kappa shape index (κ3) is 2.81. The molecule has 1 heterocycles. The zero-order chi connectivity index (χ0) is 13.0. The molecule has 0 atom stereocenters. The molecule has 5 heteroatoms. The zero-order valence-corrected chi connectivity index (χ0v) is 10.5. The third-order valence-corrected chi connectivity index (χ3v) is 2.54. The van der Waals surface area contributed by atoms with Gasteiger partial charge in [0.1, 0.15) is 6.61 Å². The number of ether oxygens (including phenoxy) is 1. The summed E-state index contributed by atoms with van der Waals surface area (Å²) in [6, 6.07) is 7.38. The first-order valence-corrected chi connectivity index (χ1v) is 5.71. The van der Waals surface area contributed by atoms with Crippen molar-refractivity contribution in [1.29, 1.82) is 0 Å². The van der Waals surface area contributed by atoms with Crippen LogP contribution in [0.15, 0.2) is 30.5 Å². The van der Waals surface area contributed by atoms with Gasteiger partial charge in [-0.15, -0.1) is 0 Å². The SMILES string of the molecule is CN(C)CCOC(=O)c1cnnc2ccccc12. The van der Waals surface area contributed by atoms with E-state index in [4.69, 9.17) is 4.74 Å². The molecule has 0 unspecified atom stereocenters. The largest absolute Gasteiger partial charge is 0.461 e. The quantitative estimate of drug-likeness (QED) is 0.761. The summed E-state index contributed by atoms with van der Waals surface area (Å²) in [4.78, 5) is 13.9. The lowest BCUT2D eigenvalue weighted by molar-refractivity contribution is 0.0483. The number of rotatable bonds is 4. The van der Waals surface area contributed by atoms with Crippen LogP contribution in [0.25, 0.3) is 10.9 Å². The molecule has 0 fully saturated rings. The second-order valence-electron chi connectivity index (χ2n) is 4.21. The number of aromatic nitrogens is 2. The molecular formula is C13H15N3O2. The van der Waals surface area contributed by atoms with Crippen molar-refractivity contribution in [2.24, 2.45) is 0 Å². The number of fused-ring (bicyclic) bond motifs is 1. The average molecular weight is 245 g/mol. The van der Waals surface area contributed by atoms with E-state index in [1.165, 1.54) is 6.20 Å². The minimum Gasteiger partial charge on any atom is -0.461 e. The molecule has 18 heavy (non-hydrogen) atoms. The highest BCUT2D eigenvalue weighted by Crippen LogP contribution is 2.15. The second-order valence-corrected chi connectivity index (χ2v) is 4.21. The first-order chi connectivity index (χ1) is 8.68. The molecule has 0 spiro atoms.